The summed E-state index contributed by atoms with van der Waals surface area (Å²) in [5.41, 5.74) is 4.36. The summed E-state index contributed by atoms with van der Waals surface area (Å²) in [6.45, 7) is 2.68. The van der Waals surface area contributed by atoms with Crippen molar-refractivity contribution >= 4 is 16.8 Å². The van der Waals surface area contributed by atoms with Crippen molar-refractivity contribution in [1.29, 1.82) is 0 Å². The minimum absolute atomic E-state index is 0.203. The number of nitrogens with zero attached hydrogens (tertiary/aromatic N) is 4. The fraction of sp³-hybridized carbons (Fsp3) is 0.370. The van der Waals surface area contributed by atoms with Crippen LogP contribution in [0.15, 0.2) is 61.1 Å². The molecule has 0 saturated carbocycles. The molecule has 0 aliphatic carbocycles. The van der Waals surface area contributed by atoms with Gasteiger partial charge in [-0.1, -0.05) is 24.3 Å². The second kappa shape index (κ2) is 8.18. The van der Waals surface area contributed by atoms with Gasteiger partial charge in [0.15, 0.2) is 0 Å². The Balaban J connectivity index is 1.19. The van der Waals surface area contributed by atoms with Crippen molar-refractivity contribution in [2.75, 3.05) is 0 Å². The molecule has 0 radical (unpaired) electrons. The highest BCUT2D eigenvalue weighted by molar-refractivity contribution is 5.96. The number of imidazole rings is 1. The van der Waals surface area contributed by atoms with Gasteiger partial charge in [0.2, 0.25) is 0 Å². The molecule has 2 aromatic heterocycles. The Kier molecular flexibility index (Phi) is 5.01. The largest absolute Gasteiger partial charge is 0.333 e. The van der Waals surface area contributed by atoms with Gasteiger partial charge < -0.3 is 9.47 Å². The second-order valence-electron chi connectivity index (χ2n) is 9.69. The number of rotatable bonds is 5. The predicted octanol–water partition coefficient (Wildman–Crippen LogP) is 4.74. The van der Waals surface area contributed by atoms with E-state index in [0.717, 1.165) is 54.6 Å². The zero-order valence-corrected chi connectivity index (χ0v) is 18.9. The van der Waals surface area contributed by atoms with Crippen LogP contribution in [0.3, 0.4) is 0 Å². The van der Waals surface area contributed by atoms with E-state index >= 15 is 0 Å². The predicted molar refractivity (Wildman–Crippen MR) is 128 cm³/mol. The standard InChI is InChI=1S/C27H29N5O/c1-18-28-10-11-31(18)17-21-4-2-3-5-25(21)27(33)32-23-7-8-24(32)15-20(14-23)12-19-6-9-26-22(13-19)16-29-30-26/h2-6,9-11,13,16,20,23-24H,7-8,12,14-15,17H2,1H3,(H,29,30). The molecule has 2 bridgehead atoms. The van der Waals surface area contributed by atoms with Crippen molar-refractivity contribution in [2.24, 2.45) is 5.92 Å². The summed E-state index contributed by atoms with van der Waals surface area (Å²) in [5.74, 6) is 1.79. The van der Waals surface area contributed by atoms with E-state index in [4.69, 9.17) is 0 Å². The van der Waals surface area contributed by atoms with Gasteiger partial charge in [-0.3, -0.25) is 9.89 Å². The maximum Gasteiger partial charge on any atom is 0.254 e. The molecule has 6 rings (SSSR count). The van der Waals surface area contributed by atoms with Gasteiger partial charge in [0.25, 0.3) is 5.91 Å². The summed E-state index contributed by atoms with van der Waals surface area (Å²) in [7, 11) is 0. The molecule has 6 heteroatoms. The van der Waals surface area contributed by atoms with Crippen LogP contribution in [-0.4, -0.2) is 42.6 Å². The van der Waals surface area contributed by atoms with Crippen LogP contribution in [0.2, 0.25) is 0 Å². The highest BCUT2D eigenvalue weighted by atomic mass is 16.2. The smallest absolute Gasteiger partial charge is 0.254 e. The first-order valence-corrected chi connectivity index (χ1v) is 12.0. The van der Waals surface area contributed by atoms with E-state index in [1.807, 2.05) is 43.7 Å². The molecule has 33 heavy (non-hydrogen) atoms. The summed E-state index contributed by atoms with van der Waals surface area (Å²) >= 11 is 0. The molecule has 2 aromatic carbocycles. The molecule has 2 fully saturated rings. The first kappa shape index (κ1) is 20.2. The molecule has 2 aliphatic rings. The van der Waals surface area contributed by atoms with Gasteiger partial charge in [0, 0.05) is 42.0 Å². The molecule has 1 N–H and O–H groups in total. The van der Waals surface area contributed by atoms with E-state index < -0.39 is 0 Å². The van der Waals surface area contributed by atoms with Gasteiger partial charge in [-0.2, -0.15) is 5.10 Å². The van der Waals surface area contributed by atoms with Crippen LogP contribution < -0.4 is 0 Å². The summed E-state index contributed by atoms with van der Waals surface area (Å²) < 4.78 is 2.10. The van der Waals surface area contributed by atoms with Crippen LogP contribution in [0.5, 0.6) is 0 Å². The van der Waals surface area contributed by atoms with Crippen molar-refractivity contribution in [2.45, 2.75) is 57.7 Å². The Bertz CT molecular complexity index is 1290. The van der Waals surface area contributed by atoms with Crippen molar-refractivity contribution in [1.82, 2.24) is 24.6 Å². The fourth-order valence-electron chi connectivity index (χ4n) is 6.00. The molecular formula is C27H29N5O. The first-order chi connectivity index (χ1) is 16.2. The van der Waals surface area contributed by atoms with Crippen molar-refractivity contribution in [3.63, 3.8) is 0 Å². The number of aromatic amines is 1. The number of fused-ring (bicyclic) bond motifs is 3. The van der Waals surface area contributed by atoms with Crippen LogP contribution in [0.4, 0.5) is 0 Å². The van der Waals surface area contributed by atoms with E-state index in [9.17, 15) is 4.79 Å². The van der Waals surface area contributed by atoms with Crippen LogP contribution in [0, 0.1) is 12.8 Å². The normalized spacial score (nSPS) is 22.2. The summed E-state index contributed by atoms with van der Waals surface area (Å²) in [6.07, 6.45) is 11.2. The number of carbonyl (C=O) groups is 1. The number of hydrogen-bond donors (Lipinski definition) is 1. The topological polar surface area (TPSA) is 66.8 Å². The number of aryl methyl sites for hydroxylation is 1. The maximum atomic E-state index is 13.8. The molecule has 1 amide bonds. The van der Waals surface area contributed by atoms with Crippen LogP contribution >= 0.6 is 0 Å². The average molecular weight is 440 g/mol. The Morgan fingerprint density at radius 2 is 1.94 bits per heavy atom. The highest BCUT2D eigenvalue weighted by Crippen LogP contribution is 2.41. The fourth-order valence-corrected chi connectivity index (χ4v) is 6.00. The van der Waals surface area contributed by atoms with E-state index in [-0.39, 0.29) is 5.91 Å². The zero-order chi connectivity index (χ0) is 22.4. The molecule has 2 atom stereocenters. The number of amides is 1. The highest BCUT2D eigenvalue weighted by Gasteiger charge is 2.43. The Hall–Kier alpha value is -3.41. The van der Waals surface area contributed by atoms with Crippen molar-refractivity contribution < 1.29 is 4.79 Å². The summed E-state index contributed by atoms with van der Waals surface area (Å²) in [4.78, 5) is 20.3. The molecular weight excluding hydrogens is 410 g/mol. The van der Waals surface area contributed by atoms with Crippen LogP contribution in [0.25, 0.3) is 10.9 Å². The third-order valence-corrected chi connectivity index (χ3v) is 7.61. The monoisotopic (exact) mass is 439 g/mol. The lowest BCUT2D eigenvalue weighted by Crippen LogP contribution is -2.47. The van der Waals surface area contributed by atoms with Gasteiger partial charge in [-0.05, 0) is 74.3 Å². The van der Waals surface area contributed by atoms with Gasteiger partial charge >= 0.3 is 0 Å². The van der Waals surface area contributed by atoms with Gasteiger partial charge in [-0.25, -0.2) is 4.98 Å². The molecule has 6 nitrogen and oxygen atoms in total. The lowest BCUT2D eigenvalue weighted by atomic mass is 9.85. The minimum Gasteiger partial charge on any atom is -0.333 e. The zero-order valence-electron chi connectivity index (χ0n) is 18.9. The molecule has 2 unspecified atom stereocenters. The summed E-state index contributed by atoms with van der Waals surface area (Å²) in [6, 6.07) is 15.4. The first-order valence-electron chi connectivity index (χ1n) is 12.0. The number of H-pyrrole nitrogens is 1. The van der Waals surface area contributed by atoms with Gasteiger partial charge in [0.1, 0.15) is 5.82 Å². The Labute approximate surface area is 193 Å². The number of piperidine rings is 1. The average Bonchev–Trinajstić information content (AvgIpc) is 3.52. The Morgan fingerprint density at radius 3 is 2.73 bits per heavy atom. The summed E-state index contributed by atoms with van der Waals surface area (Å²) in [5, 5.41) is 8.35. The lowest BCUT2D eigenvalue weighted by molar-refractivity contribution is 0.0523. The number of benzene rings is 2. The number of carbonyl (C=O) groups excluding carboxylic acids is 1. The van der Waals surface area contributed by atoms with Gasteiger partial charge in [0.05, 0.1) is 11.7 Å². The number of hydrogen-bond acceptors (Lipinski definition) is 3. The molecule has 0 spiro atoms. The quantitative estimate of drug-likeness (QED) is 0.488. The molecule has 2 saturated heterocycles. The van der Waals surface area contributed by atoms with Crippen LogP contribution in [0.1, 0.15) is 53.0 Å². The van der Waals surface area contributed by atoms with Crippen LogP contribution in [-0.2, 0) is 13.0 Å². The van der Waals surface area contributed by atoms with E-state index in [1.54, 1.807) is 0 Å². The molecule has 2 aliphatic heterocycles. The van der Waals surface area contributed by atoms with Crippen molar-refractivity contribution in [3.8, 4) is 0 Å². The third kappa shape index (κ3) is 3.73. The van der Waals surface area contributed by atoms with Gasteiger partial charge in [-0.15, -0.1) is 0 Å². The van der Waals surface area contributed by atoms with Crippen molar-refractivity contribution in [3.05, 3.63) is 83.6 Å². The third-order valence-electron chi connectivity index (χ3n) is 7.61. The molecule has 168 valence electrons. The van der Waals surface area contributed by atoms with E-state index in [0.29, 0.717) is 24.5 Å². The van der Waals surface area contributed by atoms with E-state index in [2.05, 4.69) is 48.9 Å². The maximum absolute atomic E-state index is 13.8. The molecule has 4 heterocycles. The number of aromatic nitrogens is 4. The lowest BCUT2D eigenvalue weighted by Gasteiger charge is -2.39. The SMILES string of the molecule is Cc1nccn1Cc1ccccc1C(=O)N1C2CCC1CC(Cc1ccc3[nH]ncc3c1)C2. The number of nitrogens with one attached hydrogen (secondary N) is 1. The minimum atomic E-state index is 0.203. The van der Waals surface area contributed by atoms with E-state index in [1.165, 1.54) is 10.9 Å². The second-order valence-corrected chi connectivity index (χ2v) is 9.69. The molecule has 4 aromatic rings. The Morgan fingerprint density at radius 1 is 1.12 bits per heavy atom.